The van der Waals surface area contributed by atoms with Crippen LogP contribution in [0.25, 0.3) is 0 Å². The first-order chi connectivity index (χ1) is 11.9. The Morgan fingerprint density at radius 2 is 1.96 bits per heavy atom. The average molecular weight is 349 g/mol. The third-order valence-corrected chi connectivity index (χ3v) is 4.25. The van der Waals surface area contributed by atoms with Crippen molar-refractivity contribution in [3.8, 4) is 0 Å². The Kier molecular flexibility index (Phi) is 6.49. The third kappa shape index (κ3) is 4.77. The molecule has 0 bridgehead atoms. The van der Waals surface area contributed by atoms with E-state index >= 15 is 0 Å². The van der Waals surface area contributed by atoms with E-state index in [4.69, 9.17) is 10.8 Å². The fourth-order valence-electron chi connectivity index (χ4n) is 2.90. The number of aliphatic hydroxyl groups excluding tert-OH is 1. The molecule has 1 heterocycles. The van der Waals surface area contributed by atoms with Gasteiger partial charge in [0.25, 0.3) is 0 Å². The molecule has 1 fully saturated rings. The number of carboxylic acids is 1. The molecular formula is C17H23N3O5. The van der Waals surface area contributed by atoms with Crippen LogP contribution >= 0.6 is 0 Å². The molecule has 1 aromatic carbocycles. The standard InChI is InChI=1S/C17H23N3O5/c18-12(10-21)15(22)19-13(9-11-5-2-1-3-6-11)16(23)20-8-4-7-14(20)17(24)25/h1-3,5-6,12-14,21H,4,7-10,18H2,(H,19,22)(H,24,25)/t12-,13-,14+/m0/s1. The minimum atomic E-state index is -1.14. The Morgan fingerprint density at radius 3 is 2.56 bits per heavy atom. The maximum atomic E-state index is 12.9. The molecule has 0 unspecified atom stereocenters. The second-order valence-corrected chi connectivity index (χ2v) is 6.07. The lowest BCUT2D eigenvalue weighted by molar-refractivity contribution is -0.149. The van der Waals surface area contributed by atoms with Gasteiger partial charge in [-0.3, -0.25) is 9.59 Å². The Hall–Kier alpha value is -2.45. The first-order valence-corrected chi connectivity index (χ1v) is 8.18. The fourth-order valence-corrected chi connectivity index (χ4v) is 2.90. The van der Waals surface area contributed by atoms with Crippen LogP contribution in [0, 0.1) is 0 Å². The van der Waals surface area contributed by atoms with Crippen molar-refractivity contribution >= 4 is 17.8 Å². The lowest BCUT2D eigenvalue weighted by atomic mass is 10.0. The van der Waals surface area contributed by atoms with Crippen molar-refractivity contribution in [2.45, 2.75) is 37.4 Å². The van der Waals surface area contributed by atoms with Gasteiger partial charge in [0.05, 0.1) is 6.61 Å². The Labute approximate surface area is 145 Å². The van der Waals surface area contributed by atoms with Gasteiger partial charge in [-0.2, -0.15) is 0 Å². The highest BCUT2D eigenvalue weighted by Crippen LogP contribution is 2.19. The van der Waals surface area contributed by atoms with E-state index in [1.54, 1.807) is 0 Å². The summed E-state index contributed by atoms with van der Waals surface area (Å²) in [6.07, 6.45) is 1.21. The third-order valence-electron chi connectivity index (χ3n) is 4.25. The fraction of sp³-hybridized carbons (Fsp3) is 0.471. The lowest BCUT2D eigenvalue weighted by Crippen LogP contribution is -2.55. The molecule has 0 aliphatic carbocycles. The van der Waals surface area contributed by atoms with Crippen molar-refractivity contribution in [3.63, 3.8) is 0 Å². The van der Waals surface area contributed by atoms with Crippen LogP contribution in [0.1, 0.15) is 18.4 Å². The van der Waals surface area contributed by atoms with Crippen LogP contribution in [0.2, 0.25) is 0 Å². The van der Waals surface area contributed by atoms with E-state index in [-0.39, 0.29) is 6.42 Å². The quantitative estimate of drug-likeness (QED) is 0.505. The number of carbonyl (C=O) groups is 3. The van der Waals surface area contributed by atoms with Crippen LogP contribution < -0.4 is 11.1 Å². The van der Waals surface area contributed by atoms with Crippen LogP contribution in [0.4, 0.5) is 0 Å². The Balaban J connectivity index is 2.19. The SMILES string of the molecule is N[C@@H](CO)C(=O)N[C@@H](Cc1ccccc1)C(=O)N1CCC[C@@H]1C(=O)O. The van der Waals surface area contributed by atoms with Crippen LogP contribution in [0.15, 0.2) is 30.3 Å². The zero-order chi connectivity index (χ0) is 18.4. The highest BCUT2D eigenvalue weighted by atomic mass is 16.4. The molecule has 8 nitrogen and oxygen atoms in total. The Morgan fingerprint density at radius 1 is 1.28 bits per heavy atom. The molecule has 8 heteroatoms. The zero-order valence-corrected chi connectivity index (χ0v) is 13.8. The molecule has 0 spiro atoms. The molecule has 1 aliphatic heterocycles. The smallest absolute Gasteiger partial charge is 0.326 e. The normalized spacial score (nSPS) is 19.3. The van der Waals surface area contributed by atoms with Crippen LogP contribution in [0.3, 0.4) is 0 Å². The molecule has 3 atom stereocenters. The highest BCUT2D eigenvalue weighted by Gasteiger charge is 2.37. The molecular weight excluding hydrogens is 326 g/mol. The number of hydrogen-bond donors (Lipinski definition) is 4. The van der Waals surface area contributed by atoms with Crippen LogP contribution in [-0.4, -0.2) is 64.2 Å². The summed E-state index contributed by atoms with van der Waals surface area (Å²) in [5.74, 6) is -2.15. The number of hydrogen-bond acceptors (Lipinski definition) is 5. The number of amides is 2. The van der Waals surface area contributed by atoms with Gasteiger partial charge in [0, 0.05) is 13.0 Å². The zero-order valence-electron chi connectivity index (χ0n) is 13.8. The maximum absolute atomic E-state index is 12.9. The molecule has 0 saturated carbocycles. The van der Waals surface area contributed by atoms with Gasteiger partial charge in [-0.15, -0.1) is 0 Å². The molecule has 1 aromatic rings. The number of nitrogens with one attached hydrogen (secondary N) is 1. The van der Waals surface area contributed by atoms with E-state index in [0.717, 1.165) is 5.56 Å². The summed E-state index contributed by atoms with van der Waals surface area (Å²) >= 11 is 0. The van der Waals surface area contributed by atoms with E-state index in [1.807, 2.05) is 30.3 Å². The topological polar surface area (TPSA) is 133 Å². The van der Waals surface area contributed by atoms with Crippen molar-refractivity contribution in [2.24, 2.45) is 5.73 Å². The van der Waals surface area contributed by atoms with Crippen LogP contribution in [-0.2, 0) is 20.8 Å². The maximum Gasteiger partial charge on any atom is 0.326 e. The number of benzene rings is 1. The molecule has 1 aliphatic rings. The van der Waals surface area contributed by atoms with E-state index in [9.17, 15) is 19.5 Å². The first-order valence-electron chi connectivity index (χ1n) is 8.18. The number of nitrogens with two attached hydrogens (primary N) is 1. The van der Waals surface area contributed by atoms with Crippen molar-refractivity contribution < 1.29 is 24.6 Å². The number of likely N-dealkylation sites (tertiary alicyclic amines) is 1. The monoisotopic (exact) mass is 349 g/mol. The van der Waals surface area contributed by atoms with Crippen LogP contribution in [0.5, 0.6) is 0 Å². The minimum absolute atomic E-state index is 0.215. The second-order valence-electron chi connectivity index (χ2n) is 6.07. The highest BCUT2D eigenvalue weighted by molar-refractivity contribution is 5.92. The summed E-state index contributed by atoms with van der Waals surface area (Å²) in [7, 11) is 0. The largest absolute Gasteiger partial charge is 0.480 e. The molecule has 2 rings (SSSR count). The number of aliphatic carboxylic acids is 1. The van der Waals surface area contributed by atoms with Crippen molar-refractivity contribution in [1.82, 2.24) is 10.2 Å². The average Bonchev–Trinajstić information content (AvgIpc) is 3.10. The van der Waals surface area contributed by atoms with E-state index in [1.165, 1.54) is 4.90 Å². The van der Waals surface area contributed by atoms with Gasteiger partial charge < -0.3 is 26.2 Å². The second kappa shape index (κ2) is 8.59. The molecule has 1 saturated heterocycles. The van der Waals surface area contributed by atoms with Gasteiger partial charge in [0.15, 0.2) is 0 Å². The number of rotatable bonds is 7. The number of carboxylic acid groups (broad SMARTS) is 1. The molecule has 136 valence electrons. The summed E-state index contributed by atoms with van der Waals surface area (Å²) in [5.41, 5.74) is 6.33. The molecule has 5 N–H and O–H groups in total. The van der Waals surface area contributed by atoms with Crippen molar-refractivity contribution in [1.29, 1.82) is 0 Å². The molecule has 2 amide bonds. The summed E-state index contributed by atoms with van der Waals surface area (Å²) < 4.78 is 0. The Bertz CT molecular complexity index is 622. The van der Waals surface area contributed by atoms with Crippen molar-refractivity contribution in [2.75, 3.05) is 13.2 Å². The van der Waals surface area contributed by atoms with E-state index < -0.39 is 42.5 Å². The predicted octanol–water partition coefficient (Wildman–Crippen LogP) is -0.891. The number of carbonyl (C=O) groups excluding carboxylic acids is 2. The lowest BCUT2D eigenvalue weighted by Gasteiger charge is -2.28. The van der Waals surface area contributed by atoms with E-state index in [2.05, 4.69) is 5.32 Å². The van der Waals surface area contributed by atoms with Gasteiger partial charge in [-0.25, -0.2) is 4.79 Å². The number of nitrogens with zero attached hydrogens (tertiary/aromatic N) is 1. The summed E-state index contributed by atoms with van der Waals surface area (Å²) in [4.78, 5) is 37.5. The number of aliphatic hydroxyl groups is 1. The summed E-state index contributed by atoms with van der Waals surface area (Å²) in [5, 5.41) is 20.8. The molecule has 0 aromatic heterocycles. The van der Waals surface area contributed by atoms with Gasteiger partial charge in [0.2, 0.25) is 11.8 Å². The first kappa shape index (κ1) is 18.9. The predicted molar refractivity (Wildman–Crippen MR) is 89.5 cm³/mol. The van der Waals surface area contributed by atoms with Gasteiger partial charge in [-0.1, -0.05) is 30.3 Å². The summed E-state index contributed by atoms with van der Waals surface area (Å²) in [6, 6.07) is 6.14. The minimum Gasteiger partial charge on any atom is -0.480 e. The van der Waals surface area contributed by atoms with Gasteiger partial charge >= 0.3 is 5.97 Å². The molecule has 25 heavy (non-hydrogen) atoms. The van der Waals surface area contributed by atoms with E-state index in [0.29, 0.717) is 19.4 Å². The molecule has 0 radical (unpaired) electrons. The van der Waals surface area contributed by atoms with Crippen molar-refractivity contribution in [3.05, 3.63) is 35.9 Å². The van der Waals surface area contributed by atoms with Gasteiger partial charge in [0.1, 0.15) is 18.1 Å². The van der Waals surface area contributed by atoms with Gasteiger partial charge in [-0.05, 0) is 18.4 Å². The summed E-state index contributed by atoms with van der Waals surface area (Å²) in [6.45, 7) is -0.206.